The Morgan fingerprint density at radius 2 is 2.43 bits per heavy atom. The van der Waals surface area contributed by atoms with Gasteiger partial charge in [0.2, 0.25) is 17.7 Å². The highest BCUT2D eigenvalue weighted by molar-refractivity contribution is 7.08. The molecule has 2 aromatic rings. The predicted octanol–water partition coefficient (Wildman–Crippen LogP) is 2.40. The molecule has 1 saturated carbocycles. The predicted molar refractivity (Wildman–Crippen MR) is 86.9 cm³/mol. The van der Waals surface area contributed by atoms with Gasteiger partial charge in [-0.2, -0.15) is 11.3 Å². The average Bonchev–Trinajstić information content (AvgIpc) is 3.26. The fourth-order valence-corrected chi connectivity index (χ4v) is 3.64. The summed E-state index contributed by atoms with van der Waals surface area (Å²) in [7, 11) is 0. The average molecular weight is 335 g/mol. The van der Waals surface area contributed by atoms with E-state index in [1.807, 2.05) is 23.8 Å². The van der Waals surface area contributed by atoms with Crippen LogP contribution in [0.4, 0.5) is 0 Å². The zero-order valence-corrected chi connectivity index (χ0v) is 13.9. The van der Waals surface area contributed by atoms with Crippen molar-refractivity contribution in [2.24, 2.45) is 5.41 Å². The number of hydrogen-bond donors (Lipinski definition) is 2. The molecule has 2 atom stereocenters. The van der Waals surface area contributed by atoms with Gasteiger partial charge in [-0.05, 0) is 24.3 Å². The fraction of sp³-hybridized carbons (Fsp3) is 0.562. The van der Waals surface area contributed by atoms with Crippen LogP contribution in [0.2, 0.25) is 0 Å². The Balaban J connectivity index is 1.51. The number of rotatable bonds is 6. The molecule has 1 aliphatic rings. The number of nitrogens with zero attached hydrogens (tertiary/aromatic N) is 2. The van der Waals surface area contributed by atoms with E-state index in [2.05, 4.69) is 15.5 Å². The molecular weight excluding hydrogens is 314 g/mol. The normalized spacial score (nSPS) is 24.0. The highest BCUT2D eigenvalue weighted by atomic mass is 32.1. The van der Waals surface area contributed by atoms with Crippen LogP contribution in [0.1, 0.15) is 38.5 Å². The molecule has 0 bridgehead atoms. The van der Waals surface area contributed by atoms with Gasteiger partial charge < -0.3 is 14.8 Å². The molecule has 1 aliphatic carbocycles. The molecular formula is C16H21N3O3S. The summed E-state index contributed by atoms with van der Waals surface area (Å²) in [5.41, 5.74) is 0.703. The van der Waals surface area contributed by atoms with Crippen LogP contribution >= 0.6 is 11.3 Å². The standard InChI is InChI=1S/C16H21N3O3S/c1-16(10-20)7-2-3-12(16)17-13(21)4-5-14-18-19-15(22-14)11-6-8-23-9-11/h6,8-9,12,20H,2-5,7,10H2,1H3,(H,17,21). The van der Waals surface area contributed by atoms with Crippen molar-refractivity contribution in [2.75, 3.05) is 6.61 Å². The van der Waals surface area contributed by atoms with Crippen molar-refractivity contribution in [2.45, 2.75) is 45.1 Å². The Kier molecular flexibility index (Phi) is 4.77. The molecule has 0 spiro atoms. The molecule has 2 heterocycles. The summed E-state index contributed by atoms with van der Waals surface area (Å²) >= 11 is 1.57. The van der Waals surface area contributed by atoms with Crippen molar-refractivity contribution in [3.63, 3.8) is 0 Å². The lowest BCUT2D eigenvalue weighted by atomic mass is 9.86. The number of thiophene rings is 1. The number of hydrogen-bond acceptors (Lipinski definition) is 6. The maximum atomic E-state index is 12.1. The highest BCUT2D eigenvalue weighted by Gasteiger charge is 2.38. The Bertz CT molecular complexity index is 655. The van der Waals surface area contributed by atoms with Crippen LogP contribution < -0.4 is 5.32 Å². The summed E-state index contributed by atoms with van der Waals surface area (Å²) in [4.78, 5) is 12.1. The summed E-state index contributed by atoms with van der Waals surface area (Å²) in [6, 6.07) is 1.97. The van der Waals surface area contributed by atoms with E-state index in [0.717, 1.165) is 24.8 Å². The van der Waals surface area contributed by atoms with Gasteiger partial charge in [-0.25, -0.2) is 0 Å². The minimum Gasteiger partial charge on any atom is -0.421 e. The van der Waals surface area contributed by atoms with Crippen molar-refractivity contribution in [1.82, 2.24) is 15.5 Å². The fourth-order valence-electron chi connectivity index (χ4n) is 3.01. The van der Waals surface area contributed by atoms with Gasteiger partial charge >= 0.3 is 0 Å². The van der Waals surface area contributed by atoms with E-state index in [9.17, 15) is 9.90 Å². The molecule has 1 amide bonds. The van der Waals surface area contributed by atoms with Gasteiger partial charge in [0, 0.05) is 35.2 Å². The second-order valence-corrected chi connectivity index (χ2v) is 7.12. The Morgan fingerprint density at radius 1 is 1.57 bits per heavy atom. The maximum absolute atomic E-state index is 12.1. The SMILES string of the molecule is CC1(CO)CCCC1NC(=O)CCc1nnc(-c2ccsc2)o1. The third-order valence-corrected chi connectivity index (χ3v) is 5.26. The number of amides is 1. The Hall–Kier alpha value is -1.73. The van der Waals surface area contributed by atoms with Crippen LogP contribution in [0.3, 0.4) is 0 Å². The molecule has 2 unspecified atom stereocenters. The van der Waals surface area contributed by atoms with Crippen LogP contribution in [0.15, 0.2) is 21.2 Å². The number of carbonyl (C=O) groups is 1. The summed E-state index contributed by atoms with van der Waals surface area (Å²) in [6.45, 7) is 2.13. The number of aliphatic hydroxyl groups excluding tert-OH is 1. The molecule has 0 aliphatic heterocycles. The lowest BCUT2D eigenvalue weighted by Gasteiger charge is -2.30. The van der Waals surface area contributed by atoms with Gasteiger partial charge in [0.25, 0.3) is 0 Å². The molecule has 3 rings (SSSR count). The molecule has 6 nitrogen and oxygen atoms in total. The molecule has 2 N–H and O–H groups in total. The topological polar surface area (TPSA) is 88.2 Å². The van der Waals surface area contributed by atoms with Gasteiger partial charge in [0.1, 0.15) is 0 Å². The van der Waals surface area contributed by atoms with Gasteiger partial charge in [0.15, 0.2) is 0 Å². The highest BCUT2D eigenvalue weighted by Crippen LogP contribution is 2.37. The lowest BCUT2D eigenvalue weighted by molar-refractivity contribution is -0.122. The smallest absolute Gasteiger partial charge is 0.248 e. The number of aromatic nitrogens is 2. The molecule has 7 heteroatoms. The van der Waals surface area contributed by atoms with Crippen molar-refractivity contribution >= 4 is 17.2 Å². The maximum Gasteiger partial charge on any atom is 0.248 e. The van der Waals surface area contributed by atoms with E-state index >= 15 is 0 Å². The van der Waals surface area contributed by atoms with Crippen molar-refractivity contribution < 1.29 is 14.3 Å². The molecule has 124 valence electrons. The molecule has 0 radical (unpaired) electrons. The van der Waals surface area contributed by atoms with E-state index in [1.165, 1.54) is 0 Å². The van der Waals surface area contributed by atoms with E-state index < -0.39 is 0 Å². The first-order valence-electron chi connectivity index (χ1n) is 7.86. The number of aryl methyl sites for hydroxylation is 1. The van der Waals surface area contributed by atoms with E-state index in [1.54, 1.807) is 11.3 Å². The van der Waals surface area contributed by atoms with E-state index in [0.29, 0.717) is 24.6 Å². The van der Waals surface area contributed by atoms with Crippen LogP contribution in [0.5, 0.6) is 0 Å². The van der Waals surface area contributed by atoms with Gasteiger partial charge in [-0.1, -0.05) is 13.3 Å². The summed E-state index contributed by atoms with van der Waals surface area (Å²) in [5, 5.41) is 24.4. The van der Waals surface area contributed by atoms with Crippen molar-refractivity contribution in [1.29, 1.82) is 0 Å². The second kappa shape index (κ2) is 6.80. The number of aliphatic hydroxyl groups is 1. The molecule has 0 aromatic carbocycles. The number of carbonyl (C=O) groups excluding carboxylic acids is 1. The van der Waals surface area contributed by atoms with Crippen LogP contribution in [-0.2, 0) is 11.2 Å². The third-order valence-electron chi connectivity index (χ3n) is 4.58. The van der Waals surface area contributed by atoms with E-state index in [-0.39, 0.29) is 24.0 Å². The minimum atomic E-state index is -0.202. The molecule has 1 fully saturated rings. The van der Waals surface area contributed by atoms with Gasteiger partial charge in [-0.15, -0.1) is 10.2 Å². The van der Waals surface area contributed by atoms with Crippen LogP contribution in [0, 0.1) is 5.41 Å². The summed E-state index contributed by atoms with van der Waals surface area (Å²) in [6.07, 6.45) is 3.64. The van der Waals surface area contributed by atoms with Crippen LogP contribution in [-0.4, -0.2) is 33.9 Å². The van der Waals surface area contributed by atoms with Crippen molar-refractivity contribution in [3.8, 4) is 11.5 Å². The number of nitrogens with one attached hydrogen (secondary N) is 1. The first-order chi connectivity index (χ1) is 11.1. The van der Waals surface area contributed by atoms with Crippen LogP contribution in [0.25, 0.3) is 11.5 Å². The lowest BCUT2D eigenvalue weighted by Crippen LogP contribution is -2.44. The first kappa shape index (κ1) is 16.1. The Labute approximate surface area is 138 Å². The zero-order chi connectivity index (χ0) is 16.3. The van der Waals surface area contributed by atoms with E-state index in [4.69, 9.17) is 4.42 Å². The minimum absolute atomic E-state index is 0.0353. The first-order valence-corrected chi connectivity index (χ1v) is 8.80. The molecule has 2 aromatic heterocycles. The summed E-state index contributed by atoms with van der Waals surface area (Å²) < 4.78 is 5.57. The quantitative estimate of drug-likeness (QED) is 0.846. The second-order valence-electron chi connectivity index (χ2n) is 6.34. The van der Waals surface area contributed by atoms with Gasteiger partial charge in [-0.3, -0.25) is 4.79 Å². The monoisotopic (exact) mass is 335 g/mol. The summed E-state index contributed by atoms with van der Waals surface area (Å²) in [5.74, 6) is 0.926. The zero-order valence-electron chi connectivity index (χ0n) is 13.1. The third kappa shape index (κ3) is 3.61. The largest absolute Gasteiger partial charge is 0.421 e. The molecule has 23 heavy (non-hydrogen) atoms. The Morgan fingerprint density at radius 3 is 3.17 bits per heavy atom. The molecule has 0 saturated heterocycles. The van der Waals surface area contributed by atoms with Crippen molar-refractivity contribution in [3.05, 3.63) is 22.7 Å². The van der Waals surface area contributed by atoms with Gasteiger partial charge in [0.05, 0.1) is 6.61 Å².